The molecule has 1 radical (unpaired) electrons. The van der Waals surface area contributed by atoms with Gasteiger partial charge in [-0.25, -0.2) is 5.20 Å². The van der Waals surface area contributed by atoms with Crippen LogP contribution in [-0.2, 0) is 26.2 Å². The summed E-state index contributed by atoms with van der Waals surface area (Å²) in [5, 5.41) is 13.0. The maximum absolute atomic E-state index is 8.82. The standard InChI is InChI=1S/C12H20OSi.C9H7.2ClH.Zr/c1-4-11-10(6-5-9-13)7-8-12(11)14(2)3;1-2-5-9-7-3-6-8(9)4-1;;;/h13H,4-7,9H2,1-3H3;1-7H;2*1H;/q2*-1;;;+4/p-2. The molecule has 139 valence electrons. The van der Waals surface area contributed by atoms with Crippen molar-refractivity contribution in [2.45, 2.75) is 45.7 Å². The minimum Gasteiger partial charge on any atom is -1.00 e. The Bertz CT molecular complexity index is 662. The van der Waals surface area contributed by atoms with Gasteiger partial charge in [0, 0.05) is 15.4 Å². The minimum absolute atomic E-state index is 0. The molecule has 5 heteroatoms. The van der Waals surface area contributed by atoms with Crippen LogP contribution in [0.4, 0.5) is 0 Å². The molecule has 0 heterocycles. The van der Waals surface area contributed by atoms with Crippen molar-refractivity contribution < 1.29 is 56.1 Å². The fraction of sp³-hybridized carbons (Fsp3) is 0.381. The fourth-order valence-electron chi connectivity index (χ4n) is 3.09. The number of fused-ring (bicyclic) bond motifs is 1. The van der Waals surface area contributed by atoms with Crippen molar-refractivity contribution in [1.82, 2.24) is 0 Å². The first-order valence-corrected chi connectivity index (χ1v) is 11.0. The third kappa shape index (κ3) is 7.90. The zero-order chi connectivity index (χ0) is 16.7. The predicted octanol–water partition coefficient (Wildman–Crippen LogP) is -0.543. The van der Waals surface area contributed by atoms with E-state index in [1.807, 2.05) is 0 Å². The minimum atomic E-state index is -0.344. The summed E-state index contributed by atoms with van der Waals surface area (Å²) in [5.74, 6) is 0. The first-order chi connectivity index (χ1) is 11.2. The maximum Gasteiger partial charge on any atom is 4.00 e. The largest absolute Gasteiger partial charge is 4.00 e. The number of allylic oxidation sites excluding steroid dienone is 4. The topological polar surface area (TPSA) is 20.2 Å². The number of aliphatic hydroxyl groups is 1. The molecule has 1 N–H and O–H groups in total. The second kappa shape index (κ2) is 14.9. The Kier molecular flexibility index (Phi) is 16.2. The van der Waals surface area contributed by atoms with Gasteiger partial charge in [-0.3, -0.25) is 6.08 Å². The van der Waals surface area contributed by atoms with E-state index < -0.39 is 0 Å². The Morgan fingerprint density at radius 1 is 1.15 bits per heavy atom. The van der Waals surface area contributed by atoms with Gasteiger partial charge < -0.3 is 29.9 Å². The molecule has 0 bridgehead atoms. The quantitative estimate of drug-likeness (QED) is 0.446. The van der Waals surface area contributed by atoms with Crippen LogP contribution in [0.25, 0.3) is 10.8 Å². The zero-order valence-corrected chi connectivity index (χ0v) is 20.8. The summed E-state index contributed by atoms with van der Waals surface area (Å²) in [7, 11) is -0.344. The van der Waals surface area contributed by atoms with Crippen LogP contribution in [0.3, 0.4) is 0 Å². The molecule has 1 nitrogen and oxygen atoms in total. The van der Waals surface area contributed by atoms with Crippen LogP contribution in [0.2, 0.25) is 13.1 Å². The maximum atomic E-state index is 8.82. The van der Waals surface area contributed by atoms with E-state index >= 15 is 0 Å². The Morgan fingerprint density at radius 3 is 2.42 bits per heavy atom. The van der Waals surface area contributed by atoms with E-state index in [-0.39, 0.29) is 59.8 Å². The molecule has 26 heavy (non-hydrogen) atoms. The average molecular weight is 486 g/mol. The second-order valence-corrected chi connectivity index (χ2v) is 8.65. The van der Waals surface area contributed by atoms with Crippen LogP contribution < -0.4 is 24.8 Å². The molecule has 2 aromatic rings. The number of hydrogen-bond acceptors (Lipinski definition) is 1. The van der Waals surface area contributed by atoms with Crippen LogP contribution in [0.1, 0.15) is 32.6 Å². The predicted molar refractivity (Wildman–Crippen MR) is 102 cm³/mol. The van der Waals surface area contributed by atoms with Gasteiger partial charge in [0.25, 0.3) is 0 Å². The molecule has 0 aromatic heterocycles. The van der Waals surface area contributed by atoms with E-state index in [1.54, 1.807) is 5.57 Å². The molecule has 0 fully saturated rings. The Hall–Kier alpha value is -0.0500. The molecule has 0 aliphatic heterocycles. The van der Waals surface area contributed by atoms with E-state index in [1.165, 1.54) is 21.5 Å². The third-order valence-corrected chi connectivity index (χ3v) is 5.72. The summed E-state index contributed by atoms with van der Waals surface area (Å²) < 4.78 is 0. The third-order valence-electron chi connectivity index (χ3n) is 4.24. The number of aliphatic hydroxyl groups excluding tert-OH is 1. The number of halogens is 2. The van der Waals surface area contributed by atoms with Gasteiger partial charge in [-0.1, -0.05) is 32.5 Å². The summed E-state index contributed by atoms with van der Waals surface area (Å²) in [4.78, 5) is 0. The molecule has 3 rings (SSSR count). The van der Waals surface area contributed by atoms with Gasteiger partial charge in [-0.05, 0) is 12.8 Å². The van der Waals surface area contributed by atoms with E-state index in [4.69, 9.17) is 5.11 Å². The first kappa shape index (κ1) is 28.2. The van der Waals surface area contributed by atoms with E-state index in [2.05, 4.69) is 68.6 Å². The SMILES string of the molecule is CCC1=C(CCCO)C[C-]=C1[Si](C)C.[Cl-].[Cl-].[Zr+4].c1ccc2[cH-]ccc2c1. The van der Waals surface area contributed by atoms with Gasteiger partial charge in [0.05, 0.1) is 0 Å². The molecular formula is C21H27Cl2OSiZr. The van der Waals surface area contributed by atoms with Crippen molar-refractivity contribution in [3.05, 3.63) is 64.9 Å². The zero-order valence-electron chi connectivity index (χ0n) is 15.8. The van der Waals surface area contributed by atoms with Crippen LogP contribution in [0.15, 0.2) is 58.8 Å². The molecule has 2 aromatic carbocycles. The number of rotatable bonds is 5. The summed E-state index contributed by atoms with van der Waals surface area (Å²) in [6.07, 6.45) is 7.65. The molecule has 1 aliphatic carbocycles. The average Bonchev–Trinajstić information content (AvgIpc) is 3.19. The molecule has 0 unspecified atom stereocenters. The van der Waals surface area contributed by atoms with Crippen molar-refractivity contribution >= 4 is 19.6 Å². The monoisotopic (exact) mass is 483 g/mol. The van der Waals surface area contributed by atoms with Gasteiger partial charge >= 0.3 is 26.2 Å². The molecule has 1 aliphatic rings. The van der Waals surface area contributed by atoms with Gasteiger partial charge in [0.15, 0.2) is 0 Å². The van der Waals surface area contributed by atoms with Crippen LogP contribution in [0, 0.1) is 6.08 Å². The van der Waals surface area contributed by atoms with E-state index in [0.29, 0.717) is 6.61 Å². The van der Waals surface area contributed by atoms with Crippen molar-refractivity contribution in [1.29, 1.82) is 0 Å². The van der Waals surface area contributed by atoms with Crippen LogP contribution in [-0.4, -0.2) is 20.5 Å². The molecule has 0 atom stereocenters. The molecule has 0 saturated carbocycles. The van der Waals surface area contributed by atoms with Gasteiger partial charge in [-0.2, -0.15) is 28.7 Å². The second-order valence-electron chi connectivity index (χ2n) is 6.15. The number of hydrogen-bond donors (Lipinski definition) is 1. The van der Waals surface area contributed by atoms with Crippen molar-refractivity contribution in [3.8, 4) is 0 Å². The first-order valence-electron chi connectivity index (χ1n) is 8.51. The summed E-state index contributed by atoms with van der Waals surface area (Å²) in [6.45, 7) is 7.20. The van der Waals surface area contributed by atoms with E-state index in [9.17, 15) is 0 Å². The molecule has 0 amide bonds. The Balaban J connectivity index is 0. The van der Waals surface area contributed by atoms with Gasteiger partial charge in [0.2, 0.25) is 0 Å². The smallest absolute Gasteiger partial charge is 1.00 e. The Morgan fingerprint density at radius 2 is 1.85 bits per heavy atom. The van der Waals surface area contributed by atoms with Crippen LogP contribution >= 0.6 is 0 Å². The van der Waals surface area contributed by atoms with Gasteiger partial charge in [-0.15, -0.1) is 36.1 Å². The van der Waals surface area contributed by atoms with Crippen molar-refractivity contribution in [2.24, 2.45) is 0 Å². The molecular weight excluding hydrogens is 458 g/mol. The Labute approximate surface area is 191 Å². The molecule has 0 saturated heterocycles. The van der Waals surface area contributed by atoms with Gasteiger partial charge in [0.1, 0.15) is 0 Å². The fourth-order valence-corrected chi connectivity index (χ4v) is 4.49. The summed E-state index contributed by atoms with van der Waals surface area (Å²) in [5.41, 5.74) is 3.08. The number of benzene rings is 1. The normalized spacial score (nSPS) is 12.6. The van der Waals surface area contributed by atoms with E-state index in [0.717, 1.165) is 25.7 Å². The van der Waals surface area contributed by atoms with Crippen molar-refractivity contribution in [3.63, 3.8) is 0 Å². The summed E-state index contributed by atoms with van der Waals surface area (Å²) >= 11 is 0. The summed E-state index contributed by atoms with van der Waals surface area (Å²) in [6, 6.07) is 14.7. The van der Waals surface area contributed by atoms with Crippen molar-refractivity contribution in [2.75, 3.05) is 6.61 Å². The molecule has 0 spiro atoms. The van der Waals surface area contributed by atoms with Crippen LogP contribution in [0.5, 0.6) is 0 Å².